The second kappa shape index (κ2) is 8.80. The fraction of sp³-hybridized carbons (Fsp3) is 0.312. The Bertz CT molecular complexity index is 609. The van der Waals surface area contributed by atoms with Crippen molar-refractivity contribution >= 4 is 23.4 Å². The van der Waals surface area contributed by atoms with E-state index in [1.54, 1.807) is 24.3 Å². The third kappa shape index (κ3) is 5.49. The van der Waals surface area contributed by atoms with Crippen LogP contribution in [0.5, 0.6) is 0 Å². The molecule has 128 valence electrons. The van der Waals surface area contributed by atoms with Crippen molar-refractivity contribution in [1.29, 1.82) is 0 Å². The summed E-state index contributed by atoms with van der Waals surface area (Å²) in [6, 6.07) is 6.77. The van der Waals surface area contributed by atoms with Crippen LogP contribution < -0.4 is 16.2 Å². The SMILES string of the molecule is C=CC(=O)Nc1ccc(CC(=O)NNC(=O)C2COCCO2)cc1. The smallest absolute Gasteiger partial charge is 0.269 e. The van der Waals surface area contributed by atoms with E-state index >= 15 is 0 Å². The Kier molecular flexibility index (Phi) is 6.47. The number of rotatable bonds is 5. The molecule has 1 aromatic rings. The van der Waals surface area contributed by atoms with E-state index in [2.05, 4.69) is 22.7 Å². The summed E-state index contributed by atoms with van der Waals surface area (Å²) >= 11 is 0. The molecule has 0 aromatic heterocycles. The van der Waals surface area contributed by atoms with Gasteiger partial charge in [-0.25, -0.2) is 0 Å². The van der Waals surface area contributed by atoms with E-state index in [1.807, 2.05) is 0 Å². The summed E-state index contributed by atoms with van der Waals surface area (Å²) in [4.78, 5) is 34.8. The zero-order valence-electron chi connectivity index (χ0n) is 13.0. The maximum atomic E-state index is 11.8. The molecule has 0 radical (unpaired) electrons. The number of ether oxygens (including phenoxy) is 2. The Balaban J connectivity index is 1.76. The summed E-state index contributed by atoms with van der Waals surface area (Å²) in [6.07, 6.45) is 0.537. The van der Waals surface area contributed by atoms with Crippen molar-refractivity contribution in [3.63, 3.8) is 0 Å². The molecule has 1 atom stereocenters. The molecule has 3 amide bonds. The van der Waals surface area contributed by atoms with Crippen LogP contribution in [0.1, 0.15) is 5.56 Å². The van der Waals surface area contributed by atoms with Gasteiger partial charge >= 0.3 is 0 Å². The molecule has 1 heterocycles. The molecule has 8 nitrogen and oxygen atoms in total. The van der Waals surface area contributed by atoms with Crippen molar-refractivity contribution in [2.45, 2.75) is 12.5 Å². The number of carbonyl (C=O) groups is 3. The summed E-state index contributed by atoms with van der Waals surface area (Å²) in [5.74, 6) is -1.13. The van der Waals surface area contributed by atoms with Crippen LogP contribution in [0.2, 0.25) is 0 Å². The number of hydrazine groups is 1. The van der Waals surface area contributed by atoms with E-state index in [0.29, 0.717) is 18.9 Å². The van der Waals surface area contributed by atoms with Crippen molar-refractivity contribution in [3.8, 4) is 0 Å². The highest BCUT2D eigenvalue weighted by molar-refractivity contribution is 5.98. The second-order valence-corrected chi connectivity index (χ2v) is 5.04. The van der Waals surface area contributed by atoms with Gasteiger partial charge in [0.15, 0.2) is 6.10 Å². The van der Waals surface area contributed by atoms with Crippen LogP contribution in [-0.2, 0) is 30.3 Å². The Morgan fingerprint density at radius 3 is 2.54 bits per heavy atom. The van der Waals surface area contributed by atoms with Gasteiger partial charge in [-0.05, 0) is 23.8 Å². The average Bonchev–Trinajstić information content (AvgIpc) is 2.62. The van der Waals surface area contributed by atoms with Crippen LogP contribution in [0.3, 0.4) is 0 Å². The first-order chi connectivity index (χ1) is 11.6. The zero-order valence-corrected chi connectivity index (χ0v) is 13.0. The molecule has 0 spiro atoms. The summed E-state index contributed by atoms with van der Waals surface area (Å²) in [7, 11) is 0. The minimum atomic E-state index is -0.716. The predicted molar refractivity (Wildman–Crippen MR) is 85.8 cm³/mol. The Morgan fingerprint density at radius 1 is 1.17 bits per heavy atom. The van der Waals surface area contributed by atoms with E-state index in [9.17, 15) is 14.4 Å². The van der Waals surface area contributed by atoms with Crippen LogP contribution >= 0.6 is 0 Å². The molecule has 1 aliphatic rings. The van der Waals surface area contributed by atoms with E-state index in [0.717, 1.165) is 5.56 Å². The molecule has 2 rings (SSSR count). The summed E-state index contributed by atoms with van der Waals surface area (Å²) < 4.78 is 10.3. The average molecular weight is 333 g/mol. The highest BCUT2D eigenvalue weighted by atomic mass is 16.6. The second-order valence-electron chi connectivity index (χ2n) is 5.04. The summed E-state index contributed by atoms with van der Waals surface area (Å²) in [5.41, 5.74) is 5.97. The highest BCUT2D eigenvalue weighted by Gasteiger charge is 2.22. The van der Waals surface area contributed by atoms with Crippen LogP contribution in [0, 0.1) is 0 Å². The first-order valence-corrected chi connectivity index (χ1v) is 7.39. The monoisotopic (exact) mass is 333 g/mol. The minimum Gasteiger partial charge on any atom is -0.376 e. The molecule has 3 N–H and O–H groups in total. The normalized spacial score (nSPS) is 16.8. The van der Waals surface area contributed by atoms with Gasteiger partial charge in [0.1, 0.15) is 0 Å². The lowest BCUT2D eigenvalue weighted by Gasteiger charge is -2.22. The van der Waals surface area contributed by atoms with Crippen molar-refractivity contribution in [2.75, 3.05) is 25.1 Å². The van der Waals surface area contributed by atoms with Crippen molar-refractivity contribution in [1.82, 2.24) is 10.9 Å². The standard InChI is InChI=1S/C16H19N3O5/c1-2-14(20)17-12-5-3-11(4-6-12)9-15(21)18-19-16(22)13-10-23-7-8-24-13/h2-6,13H,1,7-10H2,(H,17,20)(H,18,21)(H,19,22). The van der Waals surface area contributed by atoms with Gasteiger partial charge < -0.3 is 14.8 Å². The molecule has 0 bridgehead atoms. The number of hydrogen-bond acceptors (Lipinski definition) is 5. The third-order valence-corrected chi connectivity index (χ3v) is 3.21. The molecule has 1 saturated heterocycles. The molecule has 8 heteroatoms. The number of carbonyl (C=O) groups excluding carboxylic acids is 3. The molecule has 0 aliphatic carbocycles. The van der Waals surface area contributed by atoms with Crippen molar-refractivity contribution in [3.05, 3.63) is 42.5 Å². The number of anilines is 1. The van der Waals surface area contributed by atoms with E-state index in [1.165, 1.54) is 6.08 Å². The maximum Gasteiger partial charge on any atom is 0.269 e. The van der Waals surface area contributed by atoms with Gasteiger partial charge in [0, 0.05) is 5.69 Å². The maximum absolute atomic E-state index is 11.8. The van der Waals surface area contributed by atoms with Crippen LogP contribution in [0.15, 0.2) is 36.9 Å². The largest absolute Gasteiger partial charge is 0.376 e. The first-order valence-electron chi connectivity index (χ1n) is 7.39. The molecule has 1 fully saturated rings. The van der Waals surface area contributed by atoms with Gasteiger partial charge in [-0.2, -0.15) is 0 Å². The summed E-state index contributed by atoms with van der Waals surface area (Å²) in [5, 5.41) is 2.61. The van der Waals surface area contributed by atoms with E-state index < -0.39 is 12.0 Å². The van der Waals surface area contributed by atoms with E-state index in [-0.39, 0.29) is 24.8 Å². The lowest BCUT2D eigenvalue weighted by atomic mass is 10.1. The molecule has 1 unspecified atom stereocenters. The Labute approximate surface area is 139 Å². The fourth-order valence-electron chi connectivity index (χ4n) is 1.98. The van der Waals surface area contributed by atoms with Gasteiger partial charge in [-0.3, -0.25) is 25.2 Å². The molecular formula is C16H19N3O5. The number of nitrogens with one attached hydrogen (secondary N) is 3. The van der Waals surface area contributed by atoms with Gasteiger partial charge in [0.2, 0.25) is 11.8 Å². The molecule has 0 saturated carbocycles. The van der Waals surface area contributed by atoms with Crippen LogP contribution in [-0.4, -0.2) is 43.6 Å². The van der Waals surface area contributed by atoms with Crippen LogP contribution in [0.4, 0.5) is 5.69 Å². The number of benzene rings is 1. The summed E-state index contributed by atoms with van der Waals surface area (Å²) in [6.45, 7) is 4.34. The topological polar surface area (TPSA) is 106 Å². The Morgan fingerprint density at radius 2 is 1.92 bits per heavy atom. The quantitative estimate of drug-likeness (QED) is 0.516. The van der Waals surface area contributed by atoms with Gasteiger partial charge in [0.05, 0.1) is 26.2 Å². The van der Waals surface area contributed by atoms with Gasteiger partial charge in [0.25, 0.3) is 5.91 Å². The lowest BCUT2D eigenvalue weighted by molar-refractivity contribution is -0.149. The van der Waals surface area contributed by atoms with Crippen molar-refractivity contribution in [2.24, 2.45) is 0 Å². The number of amides is 3. The predicted octanol–water partition coefficient (Wildman–Crippen LogP) is -0.0836. The lowest BCUT2D eigenvalue weighted by Crippen LogP contribution is -2.50. The molecule has 24 heavy (non-hydrogen) atoms. The van der Waals surface area contributed by atoms with E-state index in [4.69, 9.17) is 9.47 Å². The minimum absolute atomic E-state index is 0.0813. The van der Waals surface area contributed by atoms with Crippen LogP contribution in [0.25, 0.3) is 0 Å². The highest BCUT2D eigenvalue weighted by Crippen LogP contribution is 2.10. The first kappa shape index (κ1) is 17.6. The molecular weight excluding hydrogens is 314 g/mol. The molecule has 1 aliphatic heterocycles. The van der Waals surface area contributed by atoms with Gasteiger partial charge in [-0.15, -0.1) is 0 Å². The number of hydrogen-bond donors (Lipinski definition) is 3. The zero-order chi connectivity index (χ0) is 17.4. The molecule has 1 aromatic carbocycles. The van der Waals surface area contributed by atoms with Crippen molar-refractivity contribution < 1.29 is 23.9 Å². The van der Waals surface area contributed by atoms with Gasteiger partial charge in [-0.1, -0.05) is 18.7 Å². The Hall–Kier alpha value is -2.71. The third-order valence-electron chi connectivity index (χ3n) is 3.21. The fourth-order valence-corrected chi connectivity index (χ4v) is 1.98.